The number of benzene rings is 2. The highest BCUT2D eigenvalue weighted by atomic mass is 35.5. The number of esters is 1. The van der Waals surface area contributed by atoms with E-state index in [9.17, 15) is 4.79 Å². The van der Waals surface area contributed by atoms with Gasteiger partial charge >= 0.3 is 5.97 Å². The summed E-state index contributed by atoms with van der Waals surface area (Å²) in [4.78, 5) is 15.8. The first-order valence-electron chi connectivity index (χ1n) is 8.28. The van der Waals surface area contributed by atoms with Crippen LogP contribution in [-0.2, 0) is 16.0 Å². The zero-order chi connectivity index (χ0) is 17.6. The van der Waals surface area contributed by atoms with Gasteiger partial charge in [0.25, 0.3) is 0 Å². The van der Waals surface area contributed by atoms with Gasteiger partial charge < -0.3 is 9.72 Å². The van der Waals surface area contributed by atoms with Crippen LogP contribution in [0.1, 0.15) is 28.4 Å². The Labute approximate surface area is 151 Å². The number of carbonyl (C=O) groups excluding carboxylic acids is 1. The van der Waals surface area contributed by atoms with Gasteiger partial charge in [-0.1, -0.05) is 35.9 Å². The highest BCUT2D eigenvalue weighted by molar-refractivity contribution is 6.30. The lowest BCUT2D eigenvalue weighted by molar-refractivity contribution is -0.143. The molecule has 2 atom stereocenters. The molecule has 1 aliphatic rings. The van der Waals surface area contributed by atoms with Gasteiger partial charge in [0.05, 0.1) is 13.2 Å². The maximum Gasteiger partial charge on any atom is 0.323 e. The molecule has 0 aliphatic carbocycles. The highest BCUT2D eigenvalue weighted by Gasteiger charge is 2.34. The smallest absolute Gasteiger partial charge is 0.323 e. The largest absolute Gasteiger partial charge is 0.468 e. The van der Waals surface area contributed by atoms with Crippen molar-refractivity contribution >= 4 is 28.5 Å². The van der Waals surface area contributed by atoms with Crippen LogP contribution in [0.4, 0.5) is 0 Å². The zero-order valence-corrected chi connectivity index (χ0v) is 14.9. The van der Waals surface area contributed by atoms with Gasteiger partial charge in [0, 0.05) is 28.0 Å². The lowest BCUT2D eigenvalue weighted by Crippen LogP contribution is -2.45. The molecule has 4 rings (SSSR count). The molecule has 1 aliphatic heterocycles. The van der Waals surface area contributed by atoms with Crippen molar-refractivity contribution in [2.45, 2.75) is 25.4 Å². The Morgan fingerprint density at radius 3 is 2.80 bits per heavy atom. The third-order valence-corrected chi connectivity index (χ3v) is 5.18. The zero-order valence-electron chi connectivity index (χ0n) is 14.1. The normalized spacial score (nSPS) is 19.6. The number of fused-ring (bicyclic) bond motifs is 3. The van der Waals surface area contributed by atoms with Gasteiger partial charge in [0.1, 0.15) is 6.04 Å². The Hall–Kier alpha value is -2.30. The molecule has 128 valence electrons. The van der Waals surface area contributed by atoms with Crippen molar-refractivity contribution in [2.24, 2.45) is 0 Å². The Morgan fingerprint density at radius 1 is 1.24 bits per heavy atom. The van der Waals surface area contributed by atoms with Crippen LogP contribution in [0, 0.1) is 6.92 Å². The summed E-state index contributed by atoms with van der Waals surface area (Å²) >= 11 is 6.12. The molecule has 25 heavy (non-hydrogen) atoms. The number of halogens is 1. The molecule has 0 fully saturated rings. The number of carbonyl (C=O) groups is 1. The number of ether oxygens (including phenoxy) is 1. The fourth-order valence-electron chi connectivity index (χ4n) is 3.74. The predicted octanol–water partition coefficient (Wildman–Crippen LogP) is 3.91. The molecule has 3 aromatic rings. The number of hydrogen-bond donors (Lipinski definition) is 2. The number of aryl methyl sites for hydroxylation is 1. The van der Waals surface area contributed by atoms with E-state index in [1.165, 1.54) is 12.7 Å². The van der Waals surface area contributed by atoms with Gasteiger partial charge in [0.15, 0.2) is 0 Å². The maximum atomic E-state index is 12.2. The van der Waals surface area contributed by atoms with Crippen molar-refractivity contribution < 1.29 is 9.53 Å². The van der Waals surface area contributed by atoms with Gasteiger partial charge in [-0.2, -0.15) is 0 Å². The fraction of sp³-hybridized carbons (Fsp3) is 0.250. The maximum absolute atomic E-state index is 12.2. The lowest BCUT2D eigenvalue weighted by Gasteiger charge is -2.31. The number of aromatic nitrogens is 1. The molecule has 0 radical (unpaired) electrons. The third kappa shape index (κ3) is 2.71. The van der Waals surface area contributed by atoms with E-state index >= 15 is 0 Å². The van der Waals surface area contributed by atoms with Gasteiger partial charge in [-0.3, -0.25) is 10.1 Å². The molecule has 0 amide bonds. The second-order valence-corrected chi connectivity index (χ2v) is 6.88. The van der Waals surface area contributed by atoms with E-state index in [0.29, 0.717) is 11.4 Å². The summed E-state index contributed by atoms with van der Waals surface area (Å²) in [5.41, 5.74) is 5.54. The van der Waals surface area contributed by atoms with E-state index in [0.717, 1.165) is 27.7 Å². The Balaban J connectivity index is 1.90. The molecular weight excluding hydrogens is 336 g/mol. The monoisotopic (exact) mass is 354 g/mol. The summed E-state index contributed by atoms with van der Waals surface area (Å²) in [6, 6.07) is 13.5. The fourth-order valence-corrected chi connectivity index (χ4v) is 3.96. The minimum absolute atomic E-state index is 0.113. The lowest BCUT2D eigenvalue weighted by atomic mass is 9.88. The number of para-hydroxylation sites is 1. The van der Waals surface area contributed by atoms with Gasteiger partial charge in [-0.25, -0.2) is 0 Å². The Kier molecular flexibility index (Phi) is 4.02. The first-order valence-corrected chi connectivity index (χ1v) is 8.65. The number of rotatable bonds is 2. The van der Waals surface area contributed by atoms with E-state index in [2.05, 4.69) is 22.4 Å². The predicted molar refractivity (Wildman–Crippen MR) is 99.0 cm³/mol. The standard InChI is InChI=1S/C20H19ClN2O2/c1-11-9-12(21)7-8-13(11)18-19-15(10-17(23-18)20(24)25-2)14-5-3-4-6-16(14)22-19/h3-9,17-18,22-23H,10H2,1-2H3/t17-,18+/m0/s1. The van der Waals surface area contributed by atoms with Crippen LogP contribution in [-0.4, -0.2) is 24.1 Å². The molecule has 0 saturated carbocycles. The molecule has 0 saturated heterocycles. The second kappa shape index (κ2) is 6.21. The first kappa shape index (κ1) is 16.2. The van der Waals surface area contributed by atoms with E-state index < -0.39 is 0 Å². The third-order valence-electron chi connectivity index (χ3n) is 4.94. The molecule has 0 unspecified atom stereocenters. The molecule has 2 N–H and O–H groups in total. The summed E-state index contributed by atoms with van der Waals surface area (Å²) in [5, 5.41) is 5.31. The number of nitrogens with one attached hydrogen (secondary N) is 2. The molecule has 2 heterocycles. The van der Waals surface area contributed by atoms with E-state index in [4.69, 9.17) is 16.3 Å². The first-order chi connectivity index (χ1) is 12.1. The minimum Gasteiger partial charge on any atom is -0.468 e. The highest BCUT2D eigenvalue weighted by Crippen LogP contribution is 2.36. The average molecular weight is 355 g/mol. The molecule has 0 bridgehead atoms. The van der Waals surface area contributed by atoms with Crippen molar-refractivity contribution in [3.8, 4) is 0 Å². The van der Waals surface area contributed by atoms with Crippen LogP contribution in [0.25, 0.3) is 10.9 Å². The summed E-state index contributed by atoms with van der Waals surface area (Å²) < 4.78 is 4.99. The van der Waals surface area contributed by atoms with Crippen LogP contribution in [0.3, 0.4) is 0 Å². The summed E-state index contributed by atoms with van der Waals surface area (Å²) in [7, 11) is 1.43. The number of aromatic amines is 1. The Morgan fingerprint density at radius 2 is 2.04 bits per heavy atom. The average Bonchev–Trinajstić information content (AvgIpc) is 2.99. The molecule has 0 spiro atoms. The van der Waals surface area contributed by atoms with Gasteiger partial charge in [-0.15, -0.1) is 0 Å². The molecule has 1 aromatic heterocycles. The summed E-state index contributed by atoms with van der Waals surface area (Å²) in [6.45, 7) is 2.03. The minimum atomic E-state index is -0.378. The van der Waals surface area contributed by atoms with E-state index in [1.54, 1.807) is 0 Å². The van der Waals surface area contributed by atoms with Crippen molar-refractivity contribution in [3.63, 3.8) is 0 Å². The number of H-pyrrole nitrogens is 1. The molecule has 5 heteroatoms. The van der Waals surface area contributed by atoms with Crippen molar-refractivity contribution in [3.05, 3.63) is 69.9 Å². The topological polar surface area (TPSA) is 54.1 Å². The van der Waals surface area contributed by atoms with Crippen LogP contribution >= 0.6 is 11.6 Å². The van der Waals surface area contributed by atoms with Gasteiger partial charge in [0.2, 0.25) is 0 Å². The molecular formula is C20H19ClN2O2. The van der Waals surface area contributed by atoms with Crippen molar-refractivity contribution in [2.75, 3.05) is 7.11 Å². The van der Waals surface area contributed by atoms with Crippen molar-refractivity contribution in [1.29, 1.82) is 0 Å². The molecule has 2 aromatic carbocycles. The van der Waals surface area contributed by atoms with Gasteiger partial charge in [-0.05, 0) is 41.8 Å². The second-order valence-electron chi connectivity index (χ2n) is 6.44. The van der Waals surface area contributed by atoms with E-state index in [-0.39, 0.29) is 18.1 Å². The van der Waals surface area contributed by atoms with E-state index in [1.807, 2.05) is 37.3 Å². The van der Waals surface area contributed by atoms with Crippen LogP contribution in [0.2, 0.25) is 5.02 Å². The quantitative estimate of drug-likeness (QED) is 0.686. The van der Waals surface area contributed by atoms with Crippen molar-refractivity contribution in [1.82, 2.24) is 10.3 Å². The van der Waals surface area contributed by atoms with Crippen LogP contribution in [0.15, 0.2) is 42.5 Å². The summed E-state index contributed by atoms with van der Waals surface area (Å²) in [6.07, 6.45) is 0.606. The van der Waals surface area contributed by atoms with Crippen LogP contribution < -0.4 is 5.32 Å². The summed E-state index contributed by atoms with van der Waals surface area (Å²) in [5.74, 6) is -0.243. The number of hydrogen-bond acceptors (Lipinski definition) is 3. The van der Waals surface area contributed by atoms with Crippen LogP contribution in [0.5, 0.6) is 0 Å². The number of methoxy groups -OCH3 is 1. The Bertz CT molecular complexity index is 963. The SMILES string of the molecule is COC(=O)[C@@H]1Cc2c([nH]c3ccccc23)[C@@H](c2ccc(Cl)cc2C)N1. The molecule has 4 nitrogen and oxygen atoms in total.